The number of esters is 1. The second-order valence-electron chi connectivity index (χ2n) is 4.14. The average molecular weight is 303 g/mol. The lowest BCUT2D eigenvalue weighted by Crippen LogP contribution is -2.34. The van der Waals surface area contributed by atoms with E-state index in [1.165, 1.54) is 19.2 Å². The molecule has 1 unspecified atom stereocenters. The fourth-order valence-electron chi connectivity index (χ4n) is 1.46. The summed E-state index contributed by atoms with van der Waals surface area (Å²) in [6.45, 7) is -0.796. The van der Waals surface area contributed by atoms with E-state index in [2.05, 4.69) is 9.46 Å². The van der Waals surface area contributed by atoms with Crippen molar-refractivity contribution in [2.24, 2.45) is 0 Å². The van der Waals surface area contributed by atoms with Crippen LogP contribution >= 0.6 is 0 Å². The zero-order valence-corrected chi connectivity index (χ0v) is 11.8. The Labute approximate surface area is 117 Å². The summed E-state index contributed by atoms with van der Waals surface area (Å²) in [5.41, 5.74) is 0.675. The van der Waals surface area contributed by atoms with Crippen LogP contribution in [-0.4, -0.2) is 51.0 Å². The number of sulfonamides is 1. The second kappa shape index (κ2) is 7.34. The van der Waals surface area contributed by atoms with Gasteiger partial charge >= 0.3 is 5.97 Å². The van der Waals surface area contributed by atoms with E-state index in [1.807, 2.05) is 0 Å². The fraction of sp³-hybridized carbons (Fsp3) is 0.417. The molecule has 3 N–H and O–H groups in total. The van der Waals surface area contributed by atoms with Gasteiger partial charge in [0.2, 0.25) is 10.0 Å². The summed E-state index contributed by atoms with van der Waals surface area (Å²) < 4.78 is 30.2. The number of hydrogen-bond donors (Lipinski definition) is 3. The first-order chi connectivity index (χ1) is 9.38. The van der Waals surface area contributed by atoms with Gasteiger partial charge in [0.25, 0.3) is 0 Å². The van der Waals surface area contributed by atoms with Gasteiger partial charge in [-0.15, -0.1) is 0 Å². The molecule has 0 spiro atoms. The normalized spacial score (nSPS) is 12.9. The molecule has 0 aliphatic carbocycles. The van der Waals surface area contributed by atoms with Gasteiger partial charge in [-0.2, -0.15) is 0 Å². The Kier molecular flexibility index (Phi) is 6.08. The van der Waals surface area contributed by atoms with Crippen molar-refractivity contribution < 1.29 is 28.2 Å². The molecule has 1 atom stereocenters. The van der Waals surface area contributed by atoms with E-state index >= 15 is 0 Å². The van der Waals surface area contributed by atoms with Crippen LogP contribution in [0, 0.1) is 0 Å². The number of aliphatic hydroxyl groups excluding tert-OH is 2. The highest BCUT2D eigenvalue weighted by Crippen LogP contribution is 2.09. The number of carbonyl (C=O) groups excluding carboxylic acids is 1. The lowest BCUT2D eigenvalue weighted by Gasteiger charge is -2.10. The molecule has 8 heteroatoms. The molecule has 0 bridgehead atoms. The van der Waals surface area contributed by atoms with Crippen molar-refractivity contribution in [2.75, 3.05) is 20.3 Å². The summed E-state index contributed by atoms with van der Waals surface area (Å²) in [6, 6.07) is 6.06. The average Bonchev–Trinajstić information content (AvgIpc) is 2.43. The van der Waals surface area contributed by atoms with Crippen molar-refractivity contribution in [1.82, 2.24) is 4.72 Å². The number of methoxy groups -OCH3 is 1. The highest BCUT2D eigenvalue weighted by atomic mass is 32.2. The Bertz CT molecular complexity index is 557. The Morgan fingerprint density at radius 3 is 2.75 bits per heavy atom. The first-order valence-corrected chi connectivity index (χ1v) is 7.46. The molecule has 7 nitrogen and oxygen atoms in total. The van der Waals surface area contributed by atoms with E-state index in [9.17, 15) is 13.2 Å². The van der Waals surface area contributed by atoms with Crippen molar-refractivity contribution >= 4 is 16.0 Å². The van der Waals surface area contributed by atoms with Gasteiger partial charge in [0, 0.05) is 6.54 Å². The largest absolute Gasteiger partial charge is 0.465 e. The van der Waals surface area contributed by atoms with Crippen LogP contribution in [0.25, 0.3) is 0 Å². The molecule has 0 radical (unpaired) electrons. The zero-order valence-electron chi connectivity index (χ0n) is 10.9. The minimum absolute atomic E-state index is 0.260. The summed E-state index contributed by atoms with van der Waals surface area (Å²) in [5, 5.41) is 17.7. The Morgan fingerprint density at radius 1 is 1.45 bits per heavy atom. The fourth-order valence-corrected chi connectivity index (χ4v) is 2.63. The van der Waals surface area contributed by atoms with Gasteiger partial charge in [-0.3, -0.25) is 0 Å². The molecule has 0 amide bonds. The highest BCUT2D eigenvalue weighted by Gasteiger charge is 2.15. The number of aliphatic hydroxyl groups is 2. The summed E-state index contributed by atoms with van der Waals surface area (Å²) in [4.78, 5) is 11.3. The SMILES string of the molecule is COC(=O)c1cccc(CS(=O)(=O)NCC(O)CO)c1. The number of rotatable bonds is 7. The van der Waals surface area contributed by atoms with Crippen molar-refractivity contribution in [3.8, 4) is 0 Å². The molecular weight excluding hydrogens is 286 g/mol. The monoisotopic (exact) mass is 303 g/mol. The standard InChI is InChI=1S/C12H17NO6S/c1-19-12(16)10-4-2-3-9(5-10)8-20(17,18)13-6-11(15)7-14/h2-5,11,13-15H,6-8H2,1H3. The van der Waals surface area contributed by atoms with Gasteiger partial charge < -0.3 is 14.9 Å². The van der Waals surface area contributed by atoms with Crippen LogP contribution < -0.4 is 4.72 Å². The van der Waals surface area contributed by atoms with Crippen molar-refractivity contribution in [3.63, 3.8) is 0 Å². The van der Waals surface area contributed by atoms with E-state index < -0.39 is 28.7 Å². The van der Waals surface area contributed by atoms with Gasteiger partial charge in [-0.05, 0) is 17.7 Å². The van der Waals surface area contributed by atoms with Crippen molar-refractivity contribution in [2.45, 2.75) is 11.9 Å². The molecule has 0 saturated carbocycles. The molecule has 0 aromatic heterocycles. The molecule has 0 heterocycles. The quantitative estimate of drug-likeness (QED) is 0.571. The van der Waals surface area contributed by atoms with Crippen LogP contribution in [0.1, 0.15) is 15.9 Å². The van der Waals surface area contributed by atoms with Crippen LogP contribution in [-0.2, 0) is 20.5 Å². The molecule has 0 aliphatic rings. The second-order valence-corrected chi connectivity index (χ2v) is 5.94. The van der Waals surface area contributed by atoms with E-state index in [-0.39, 0.29) is 17.9 Å². The van der Waals surface area contributed by atoms with Crippen molar-refractivity contribution in [3.05, 3.63) is 35.4 Å². The molecule has 0 aliphatic heterocycles. The maximum atomic E-state index is 11.8. The summed E-state index contributed by atoms with van der Waals surface area (Å²) >= 11 is 0. The number of benzene rings is 1. The predicted molar refractivity (Wildman–Crippen MR) is 71.5 cm³/mol. The third-order valence-electron chi connectivity index (χ3n) is 2.45. The molecule has 0 saturated heterocycles. The third kappa shape index (κ3) is 5.25. The Hall–Kier alpha value is -1.48. The predicted octanol–water partition coefficient (Wildman–Crippen LogP) is -0.754. The molecular formula is C12H17NO6S. The van der Waals surface area contributed by atoms with Crippen LogP contribution in [0.3, 0.4) is 0 Å². The van der Waals surface area contributed by atoms with E-state index in [1.54, 1.807) is 12.1 Å². The van der Waals surface area contributed by atoms with E-state index in [4.69, 9.17) is 10.2 Å². The van der Waals surface area contributed by atoms with Crippen LogP contribution in [0.5, 0.6) is 0 Å². The van der Waals surface area contributed by atoms with Gasteiger partial charge in [0.15, 0.2) is 0 Å². The van der Waals surface area contributed by atoms with Gasteiger partial charge in [0.05, 0.1) is 31.1 Å². The summed E-state index contributed by atoms with van der Waals surface area (Å²) in [7, 11) is -2.42. The number of hydrogen-bond acceptors (Lipinski definition) is 6. The van der Waals surface area contributed by atoms with Crippen molar-refractivity contribution in [1.29, 1.82) is 0 Å². The van der Waals surface area contributed by atoms with Crippen LogP contribution in [0.15, 0.2) is 24.3 Å². The maximum absolute atomic E-state index is 11.8. The Morgan fingerprint density at radius 2 is 2.15 bits per heavy atom. The maximum Gasteiger partial charge on any atom is 0.337 e. The minimum Gasteiger partial charge on any atom is -0.465 e. The molecule has 0 fully saturated rings. The summed E-state index contributed by atoms with van der Waals surface area (Å²) in [6.07, 6.45) is -1.15. The zero-order chi connectivity index (χ0) is 15.2. The molecule has 1 aromatic rings. The first-order valence-electron chi connectivity index (χ1n) is 5.81. The molecule has 1 aromatic carbocycles. The van der Waals surface area contributed by atoms with Crippen LogP contribution in [0.4, 0.5) is 0 Å². The van der Waals surface area contributed by atoms with E-state index in [0.717, 1.165) is 0 Å². The number of carbonyl (C=O) groups is 1. The van der Waals surface area contributed by atoms with Gasteiger partial charge in [-0.25, -0.2) is 17.9 Å². The van der Waals surface area contributed by atoms with Gasteiger partial charge in [0.1, 0.15) is 0 Å². The Balaban J connectivity index is 2.74. The summed E-state index contributed by atoms with van der Waals surface area (Å²) in [5.74, 6) is -0.886. The first kappa shape index (κ1) is 16.6. The topological polar surface area (TPSA) is 113 Å². The minimum atomic E-state index is -3.66. The van der Waals surface area contributed by atoms with Gasteiger partial charge in [-0.1, -0.05) is 12.1 Å². The third-order valence-corrected chi connectivity index (χ3v) is 3.77. The number of ether oxygens (including phenoxy) is 1. The lowest BCUT2D eigenvalue weighted by atomic mass is 10.1. The smallest absolute Gasteiger partial charge is 0.337 e. The molecule has 1 rings (SSSR count). The highest BCUT2D eigenvalue weighted by molar-refractivity contribution is 7.88. The van der Waals surface area contributed by atoms with Crippen LogP contribution in [0.2, 0.25) is 0 Å². The lowest BCUT2D eigenvalue weighted by molar-refractivity contribution is 0.0600. The van der Waals surface area contributed by atoms with E-state index in [0.29, 0.717) is 5.56 Å². The number of nitrogens with one attached hydrogen (secondary N) is 1. The molecule has 112 valence electrons. The molecule has 20 heavy (non-hydrogen) atoms.